The molecule has 3 nitrogen and oxygen atoms in total. The van der Waals surface area contributed by atoms with Gasteiger partial charge >= 0.3 is 0 Å². The van der Waals surface area contributed by atoms with Gasteiger partial charge in [0.2, 0.25) is 0 Å². The van der Waals surface area contributed by atoms with Gasteiger partial charge in [0, 0.05) is 30.0 Å². The van der Waals surface area contributed by atoms with Gasteiger partial charge in [-0.3, -0.25) is 4.79 Å². The molecule has 3 aromatic rings. The Balaban J connectivity index is 1.59. The molecule has 0 unspecified atom stereocenters. The van der Waals surface area contributed by atoms with Crippen LogP contribution in [0.3, 0.4) is 0 Å². The zero-order valence-electron chi connectivity index (χ0n) is 17.6. The second-order valence-corrected chi connectivity index (χ2v) is 8.35. The number of aromatic nitrogens is 1. The Morgan fingerprint density at radius 3 is 2.60 bits per heavy atom. The summed E-state index contributed by atoms with van der Waals surface area (Å²) < 4.78 is 16.0. The third-order valence-electron chi connectivity index (χ3n) is 6.04. The Kier molecular flexibility index (Phi) is 6.32. The molecular weight excluding hydrogens is 375 g/mol. The number of hydrogen-bond donors (Lipinski definition) is 0. The van der Waals surface area contributed by atoms with Crippen molar-refractivity contribution in [1.82, 2.24) is 9.47 Å². The van der Waals surface area contributed by atoms with Gasteiger partial charge in [0.25, 0.3) is 5.91 Å². The smallest absolute Gasteiger partial charge is 0.254 e. The fourth-order valence-corrected chi connectivity index (χ4v) is 4.48. The summed E-state index contributed by atoms with van der Waals surface area (Å²) >= 11 is 0. The van der Waals surface area contributed by atoms with E-state index in [0.29, 0.717) is 12.1 Å². The van der Waals surface area contributed by atoms with Crippen molar-refractivity contribution in [3.8, 4) is 0 Å². The zero-order chi connectivity index (χ0) is 20.9. The number of hydrogen-bond acceptors (Lipinski definition) is 1. The number of carbonyl (C=O) groups is 1. The quantitative estimate of drug-likeness (QED) is 0.498. The third kappa shape index (κ3) is 4.81. The fourth-order valence-electron chi connectivity index (χ4n) is 4.48. The van der Waals surface area contributed by atoms with Crippen LogP contribution in [0.5, 0.6) is 0 Å². The summed E-state index contributed by atoms with van der Waals surface area (Å²) in [4.78, 5) is 15.4. The predicted molar refractivity (Wildman–Crippen MR) is 118 cm³/mol. The minimum absolute atomic E-state index is 0.0790. The zero-order valence-corrected chi connectivity index (χ0v) is 17.6. The van der Waals surface area contributed by atoms with Gasteiger partial charge in [-0.2, -0.15) is 0 Å². The summed E-state index contributed by atoms with van der Waals surface area (Å²) in [5.41, 5.74) is 4.02. The first-order valence-electron chi connectivity index (χ1n) is 10.9. The lowest BCUT2D eigenvalue weighted by Crippen LogP contribution is -2.41. The molecule has 0 spiro atoms. The minimum atomic E-state index is -0.368. The molecule has 4 heteroatoms. The summed E-state index contributed by atoms with van der Waals surface area (Å²) in [6, 6.07) is 18.9. The summed E-state index contributed by atoms with van der Waals surface area (Å²) in [5.74, 6) is -0.447. The van der Waals surface area contributed by atoms with Crippen LogP contribution in [0.4, 0.5) is 4.39 Å². The second-order valence-electron chi connectivity index (χ2n) is 8.35. The molecule has 1 saturated carbocycles. The molecule has 30 heavy (non-hydrogen) atoms. The number of amides is 1. The average Bonchev–Trinajstić information content (AvgIpc) is 3.19. The van der Waals surface area contributed by atoms with Crippen molar-refractivity contribution in [3.63, 3.8) is 0 Å². The van der Waals surface area contributed by atoms with Crippen LogP contribution in [-0.2, 0) is 13.1 Å². The number of benzene rings is 2. The average molecular weight is 405 g/mol. The van der Waals surface area contributed by atoms with E-state index in [9.17, 15) is 9.18 Å². The van der Waals surface area contributed by atoms with Crippen LogP contribution in [0.2, 0.25) is 0 Å². The minimum Gasteiger partial charge on any atom is -0.345 e. The van der Waals surface area contributed by atoms with Gasteiger partial charge in [0.05, 0.1) is 6.54 Å². The Morgan fingerprint density at radius 1 is 1.03 bits per heavy atom. The van der Waals surface area contributed by atoms with E-state index in [4.69, 9.17) is 0 Å². The monoisotopic (exact) mass is 404 g/mol. The number of rotatable bonds is 6. The number of halogens is 1. The van der Waals surface area contributed by atoms with Gasteiger partial charge in [-0.1, -0.05) is 55.2 Å². The second kappa shape index (κ2) is 9.29. The summed E-state index contributed by atoms with van der Waals surface area (Å²) in [6.45, 7) is 3.41. The highest BCUT2D eigenvalue weighted by molar-refractivity contribution is 5.94. The third-order valence-corrected chi connectivity index (χ3v) is 6.04. The molecule has 0 N–H and O–H groups in total. The molecule has 0 radical (unpaired) electrons. The highest BCUT2D eigenvalue weighted by Crippen LogP contribution is 2.26. The van der Waals surface area contributed by atoms with Crippen LogP contribution in [0, 0.1) is 12.7 Å². The molecule has 0 bridgehead atoms. The lowest BCUT2D eigenvalue weighted by Gasteiger charge is -2.35. The first kappa shape index (κ1) is 20.4. The lowest BCUT2D eigenvalue weighted by atomic mass is 9.93. The molecule has 4 rings (SSSR count). The maximum Gasteiger partial charge on any atom is 0.254 e. The summed E-state index contributed by atoms with van der Waals surface area (Å²) in [5, 5.41) is 0. The molecule has 0 aliphatic heterocycles. The molecule has 1 aliphatic rings. The van der Waals surface area contributed by atoms with Gasteiger partial charge in [-0.25, -0.2) is 4.39 Å². The Hall–Kier alpha value is -2.88. The van der Waals surface area contributed by atoms with Crippen molar-refractivity contribution in [2.24, 2.45) is 0 Å². The molecule has 0 saturated heterocycles. The molecule has 156 valence electrons. The van der Waals surface area contributed by atoms with Crippen molar-refractivity contribution >= 4 is 5.91 Å². The largest absolute Gasteiger partial charge is 0.345 e. The highest BCUT2D eigenvalue weighted by atomic mass is 19.1. The topological polar surface area (TPSA) is 25.2 Å². The van der Waals surface area contributed by atoms with E-state index >= 15 is 0 Å². The highest BCUT2D eigenvalue weighted by Gasteiger charge is 2.27. The van der Waals surface area contributed by atoms with E-state index < -0.39 is 0 Å². The first-order valence-corrected chi connectivity index (χ1v) is 10.9. The van der Waals surface area contributed by atoms with Gasteiger partial charge < -0.3 is 9.47 Å². The Labute approximate surface area is 178 Å². The van der Waals surface area contributed by atoms with Crippen LogP contribution in [0.1, 0.15) is 59.3 Å². The van der Waals surface area contributed by atoms with Gasteiger partial charge in [-0.05, 0) is 55.7 Å². The maximum atomic E-state index is 13.8. The van der Waals surface area contributed by atoms with Crippen molar-refractivity contribution in [2.45, 2.75) is 58.2 Å². The molecule has 0 atom stereocenters. The Bertz CT molecular complexity index is 1000. The Morgan fingerprint density at radius 2 is 1.83 bits per heavy atom. The normalized spacial score (nSPS) is 14.6. The van der Waals surface area contributed by atoms with Gasteiger partial charge in [0.1, 0.15) is 5.82 Å². The van der Waals surface area contributed by atoms with Crippen LogP contribution in [0.15, 0.2) is 66.9 Å². The van der Waals surface area contributed by atoms with Crippen LogP contribution >= 0.6 is 0 Å². The lowest BCUT2D eigenvalue weighted by molar-refractivity contribution is 0.0608. The van der Waals surface area contributed by atoms with E-state index in [2.05, 4.69) is 48.0 Å². The first-order chi connectivity index (χ1) is 14.6. The summed E-state index contributed by atoms with van der Waals surface area (Å²) in [7, 11) is 0. The van der Waals surface area contributed by atoms with E-state index in [-0.39, 0.29) is 17.8 Å². The SMILES string of the molecule is Cc1cccc(Cn2cccc2CN(C(=O)c2cccc(F)c2)C2CCCCC2)c1. The van der Waals surface area contributed by atoms with E-state index in [1.807, 2.05) is 11.0 Å². The van der Waals surface area contributed by atoms with Crippen molar-refractivity contribution in [3.05, 3.63) is 95.1 Å². The van der Waals surface area contributed by atoms with Crippen molar-refractivity contribution in [2.75, 3.05) is 0 Å². The van der Waals surface area contributed by atoms with Crippen molar-refractivity contribution < 1.29 is 9.18 Å². The van der Waals surface area contributed by atoms with Crippen molar-refractivity contribution in [1.29, 1.82) is 0 Å². The molecule has 1 aromatic heterocycles. The van der Waals surface area contributed by atoms with Gasteiger partial charge in [0.15, 0.2) is 0 Å². The van der Waals surface area contributed by atoms with E-state index in [1.54, 1.807) is 12.1 Å². The fraction of sp³-hybridized carbons (Fsp3) is 0.346. The van der Waals surface area contributed by atoms with Crippen LogP contribution < -0.4 is 0 Å². The molecule has 1 fully saturated rings. The van der Waals surface area contributed by atoms with E-state index in [1.165, 1.54) is 29.7 Å². The number of nitrogens with zero attached hydrogens (tertiary/aromatic N) is 2. The van der Waals surface area contributed by atoms with E-state index in [0.717, 1.165) is 37.9 Å². The molecule has 1 amide bonds. The van der Waals surface area contributed by atoms with Crippen LogP contribution in [0.25, 0.3) is 0 Å². The predicted octanol–water partition coefficient (Wildman–Crippen LogP) is 5.96. The molecule has 1 aliphatic carbocycles. The molecular formula is C26H29FN2O. The summed E-state index contributed by atoms with van der Waals surface area (Å²) in [6.07, 6.45) is 7.61. The molecule has 2 aromatic carbocycles. The van der Waals surface area contributed by atoms with Gasteiger partial charge in [-0.15, -0.1) is 0 Å². The number of carbonyl (C=O) groups excluding carboxylic acids is 1. The molecule has 1 heterocycles. The van der Waals surface area contributed by atoms with Crippen LogP contribution in [-0.4, -0.2) is 21.4 Å². The number of aryl methyl sites for hydroxylation is 1. The maximum absolute atomic E-state index is 13.8. The standard InChI is InChI=1S/C26H29FN2O/c1-20-8-5-9-21(16-20)18-28-15-7-14-25(28)19-29(24-12-3-2-4-13-24)26(30)22-10-6-11-23(27)17-22/h5-11,14-17,24H,2-4,12-13,18-19H2,1H3.